The molecule has 0 bridgehead atoms. The molecule has 1 aromatic rings. The van der Waals surface area contributed by atoms with Crippen molar-refractivity contribution in [2.24, 2.45) is 11.8 Å². The smallest absolute Gasteiger partial charge is 0.405 e. The standard InChI is InChI=1S/C13H16BrN3O2/c1-6-10(7-2-3-7)15-8-4-5-9(14)16-12(8)11(6)17-13(18)19/h4-7,10-11,15,17H,2-3H2,1H3,(H,18,19)/t6-,10+,11+/m0/s1. The largest absolute Gasteiger partial charge is 0.465 e. The highest BCUT2D eigenvalue weighted by Gasteiger charge is 2.43. The molecule has 3 atom stereocenters. The van der Waals surface area contributed by atoms with Crippen LogP contribution in [0.3, 0.4) is 0 Å². The van der Waals surface area contributed by atoms with Crippen molar-refractivity contribution < 1.29 is 9.90 Å². The topological polar surface area (TPSA) is 74.2 Å². The molecule has 1 aromatic heterocycles. The Morgan fingerprint density at radius 3 is 2.89 bits per heavy atom. The number of rotatable bonds is 2. The zero-order valence-electron chi connectivity index (χ0n) is 10.6. The first kappa shape index (κ1) is 12.7. The number of hydrogen-bond donors (Lipinski definition) is 3. The van der Waals surface area contributed by atoms with Crippen LogP contribution in [0.1, 0.15) is 31.5 Å². The van der Waals surface area contributed by atoms with Gasteiger partial charge in [-0.25, -0.2) is 9.78 Å². The van der Waals surface area contributed by atoms with Crippen molar-refractivity contribution in [3.05, 3.63) is 22.4 Å². The molecule has 19 heavy (non-hydrogen) atoms. The first-order valence-electron chi connectivity index (χ1n) is 6.48. The Bertz CT molecular complexity index is 519. The second-order valence-electron chi connectivity index (χ2n) is 5.36. The molecule has 3 N–H and O–H groups in total. The van der Waals surface area contributed by atoms with Crippen LogP contribution in [0.25, 0.3) is 0 Å². The molecule has 0 spiro atoms. The number of pyridine rings is 1. The van der Waals surface area contributed by atoms with Crippen molar-refractivity contribution in [2.45, 2.75) is 31.8 Å². The first-order chi connectivity index (χ1) is 9.06. The number of nitrogens with zero attached hydrogens (tertiary/aromatic N) is 1. The highest BCUT2D eigenvalue weighted by atomic mass is 79.9. The van der Waals surface area contributed by atoms with E-state index < -0.39 is 6.09 Å². The molecule has 0 radical (unpaired) electrons. The van der Waals surface area contributed by atoms with Gasteiger partial charge in [-0.2, -0.15) is 0 Å². The minimum atomic E-state index is -0.999. The Morgan fingerprint density at radius 1 is 1.53 bits per heavy atom. The summed E-state index contributed by atoms with van der Waals surface area (Å²) in [5.41, 5.74) is 1.72. The van der Waals surface area contributed by atoms with E-state index in [4.69, 9.17) is 5.11 Å². The fraction of sp³-hybridized carbons (Fsp3) is 0.538. The van der Waals surface area contributed by atoms with E-state index in [-0.39, 0.29) is 12.0 Å². The van der Waals surface area contributed by atoms with E-state index in [9.17, 15) is 4.79 Å². The molecule has 1 fully saturated rings. The average Bonchev–Trinajstić information content (AvgIpc) is 3.16. The molecule has 102 valence electrons. The van der Waals surface area contributed by atoms with E-state index in [1.54, 1.807) is 0 Å². The molecule has 1 aliphatic carbocycles. The van der Waals surface area contributed by atoms with Gasteiger partial charge < -0.3 is 15.7 Å². The van der Waals surface area contributed by atoms with E-state index in [1.165, 1.54) is 12.8 Å². The molecule has 5 nitrogen and oxygen atoms in total. The van der Waals surface area contributed by atoms with Crippen LogP contribution in [0.2, 0.25) is 0 Å². The SMILES string of the molecule is C[C@@H]1[C@@H](NC(=O)O)c2nc(Br)ccc2N[C@H]1C1CC1. The summed E-state index contributed by atoms with van der Waals surface area (Å²) in [5, 5.41) is 15.2. The van der Waals surface area contributed by atoms with Crippen LogP contribution in [0.4, 0.5) is 10.5 Å². The summed E-state index contributed by atoms with van der Waals surface area (Å²) in [5.74, 6) is 0.850. The zero-order chi connectivity index (χ0) is 13.6. The van der Waals surface area contributed by atoms with Crippen LogP contribution in [-0.4, -0.2) is 22.2 Å². The van der Waals surface area contributed by atoms with Crippen LogP contribution in [0.15, 0.2) is 16.7 Å². The van der Waals surface area contributed by atoms with Gasteiger partial charge in [0.2, 0.25) is 0 Å². The molecule has 0 saturated heterocycles. The highest BCUT2D eigenvalue weighted by Crippen LogP contribution is 2.45. The third kappa shape index (κ3) is 2.41. The Balaban J connectivity index is 1.98. The van der Waals surface area contributed by atoms with Crippen molar-refractivity contribution in [3.63, 3.8) is 0 Å². The number of fused-ring (bicyclic) bond motifs is 1. The molecule has 2 aliphatic rings. The molecule has 6 heteroatoms. The third-order valence-electron chi connectivity index (χ3n) is 4.01. The second kappa shape index (κ2) is 4.67. The first-order valence-corrected chi connectivity index (χ1v) is 7.28. The second-order valence-corrected chi connectivity index (χ2v) is 6.17. The molecule has 0 aromatic carbocycles. The normalized spacial score (nSPS) is 29.3. The predicted molar refractivity (Wildman–Crippen MR) is 75.1 cm³/mol. The number of carboxylic acid groups (broad SMARTS) is 1. The van der Waals surface area contributed by atoms with Crippen LogP contribution in [-0.2, 0) is 0 Å². The molecule has 2 heterocycles. The van der Waals surface area contributed by atoms with Crippen LogP contribution < -0.4 is 10.6 Å². The van der Waals surface area contributed by atoms with E-state index in [2.05, 4.69) is 38.5 Å². The monoisotopic (exact) mass is 325 g/mol. The maximum absolute atomic E-state index is 11.0. The quantitative estimate of drug-likeness (QED) is 0.731. The summed E-state index contributed by atoms with van der Waals surface area (Å²) in [6, 6.07) is 3.91. The van der Waals surface area contributed by atoms with Gasteiger partial charge in [0.1, 0.15) is 4.60 Å². The van der Waals surface area contributed by atoms with Gasteiger partial charge in [-0.15, -0.1) is 0 Å². The lowest BCUT2D eigenvalue weighted by Gasteiger charge is -2.38. The van der Waals surface area contributed by atoms with Gasteiger partial charge in [0.05, 0.1) is 17.4 Å². The molecule has 1 amide bonds. The molecule has 3 rings (SSSR count). The maximum atomic E-state index is 11.0. The molecular weight excluding hydrogens is 310 g/mol. The zero-order valence-corrected chi connectivity index (χ0v) is 12.1. The maximum Gasteiger partial charge on any atom is 0.405 e. The molecule has 1 saturated carbocycles. The summed E-state index contributed by atoms with van der Waals surface area (Å²) < 4.78 is 0.724. The van der Waals surface area contributed by atoms with Crippen molar-refractivity contribution in [2.75, 3.05) is 5.32 Å². The molecule has 0 unspecified atom stereocenters. The number of hydrogen-bond acceptors (Lipinski definition) is 3. The average molecular weight is 326 g/mol. The Labute approximate surface area is 119 Å². The number of anilines is 1. The lowest BCUT2D eigenvalue weighted by Crippen LogP contribution is -2.45. The van der Waals surface area contributed by atoms with Crippen LogP contribution >= 0.6 is 15.9 Å². The number of halogens is 1. The van der Waals surface area contributed by atoms with Gasteiger partial charge in [0.15, 0.2) is 0 Å². The Kier molecular flexibility index (Phi) is 3.12. The lowest BCUT2D eigenvalue weighted by molar-refractivity contribution is 0.181. The van der Waals surface area contributed by atoms with Crippen molar-refractivity contribution >= 4 is 27.7 Å². The lowest BCUT2D eigenvalue weighted by atomic mass is 9.84. The van der Waals surface area contributed by atoms with Crippen LogP contribution in [0, 0.1) is 11.8 Å². The molecular formula is C13H16BrN3O2. The van der Waals surface area contributed by atoms with Crippen molar-refractivity contribution in [1.29, 1.82) is 0 Å². The third-order valence-corrected chi connectivity index (χ3v) is 4.45. The number of aromatic nitrogens is 1. The van der Waals surface area contributed by atoms with Gasteiger partial charge >= 0.3 is 6.09 Å². The van der Waals surface area contributed by atoms with E-state index >= 15 is 0 Å². The minimum Gasteiger partial charge on any atom is -0.465 e. The number of nitrogens with one attached hydrogen (secondary N) is 2. The summed E-state index contributed by atoms with van der Waals surface area (Å²) in [7, 11) is 0. The minimum absolute atomic E-state index is 0.192. The van der Waals surface area contributed by atoms with Gasteiger partial charge in [-0.05, 0) is 46.8 Å². The number of carbonyl (C=O) groups is 1. The summed E-state index contributed by atoms with van der Waals surface area (Å²) >= 11 is 3.35. The van der Waals surface area contributed by atoms with Gasteiger partial charge in [0.25, 0.3) is 0 Å². The Morgan fingerprint density at radius 2 is 2.26 bits per heavy atom. The van der Waals surface area contributed by atoms with E-state index in [0.29, 0.717) is 12.0 Å². The summed E-state index contributed by atoms with van der Waals surface area (Å²) in [6.45, 7) is 2.09. The van der Waals surface area contributed by atoms with Gasteiger partial charge in [0, 0.05) is 12.0 Å². The van der Waals surface area contributed by atoms with Gasteiger partial charge in [-0.3, -0.25) is 0 Å². The van der Waals surface area contributed by atoms with E-state index in [1.807, 2.05) is 12.1 Å². The number of amides is 1. The van der Waals surface area contributed by atoms with E-state index in [0.717, 1.165) is 16.0 Å². The highest BCUT2D eigenvalue weighted by molar-refractivity contribution is 9.10. The predicted octanol–water partition coefficient (Wildman–Crippen LogP) is 2.99. The fourth-order valence-corrected chi connectivity index (χ4v) is 3.24. The van der Waals surface area contributed by atoms with Crippen molar-refractivity contribution in [3.8, 4) is 0 Å². The summed E-state index contributed by atoms with van der Waals surface area (Å²) in [6.07, 6.45) is 1.45. The summed E-state index contributed by atoms with van der Waals surface area (Å²) in [4.78, 5) is 15.5. The Hall–Kier alpha value is -1.30. The van der Waals surface area contributed by atoms with Crippen LogP contribution in [0.5, 0.6) is 0 Å². The molecule has 1 aliphatic heterocycles. The fourth-order valence-electron chi connectivity index (χ4n) is 2.91. The van der Waals surface area contributed by atoms with Crippen molar-refractivity contribution in [1.82, 2.24) is 10.3 Å². The van der Waals surface area contributed by atoms with Gasteiger partial charge in [-0.1, -0.05) is 6.92 Å².